The Morgan fingerprint density at radius 3 is 2.46 bits per heavy atom. The summed E-state index contributed by atoms with van der Waals surface area (Å²) in [5.74, 6) is -0.781. The number of carboxylic acid groups (broad SMARTS) is 1. The van der Waals surface area contributed by atoms with E-state index in [-0.39, 0.29) is 5.75 Å². The van der Waals surface area contributed by atoms with Crippen molar-refractivity contribution in [3.8, 4) is 11.5 Å². The van der Waals surface area contributed by atoms with E-state index >= 15 is 0 Å². The molecule has 1 rings (SSSR count). The van der Waals surface area contributed by atoms with Gasteiger partial charge in [0, 0.05) is 0 Å². The van der Waals surface area contributed by atoms with Gasteiger partial charge >= 0.3 is 0 Å². The van der Waals surface area contributed by atoms with E-state index < -0.39 is 12.1 Å². The fourth-order valence-electron chi connectivity index (χ4n) is 0.777. The maximum atomic E-state index is 10.3. The van der Waals surface area contributed by atoms with Gasteiger partial charge in [0.15, 0.2) is 0 Å². The van der Waals surface area contributed by atoms with Crippen molar-refractivity contribution >= 4 is 5.97 Å². The van der Waals surface area contributed by atoms with Gasteiger partial charge in [-0.2, -0.15) is 0 Å². The molecule has 4 heteroatoms. The lowest BCUT2D eigenvalue weighted by atomic mass is 10.3. The molecule has 0 saturated heterocycles. The molecule has 0 fully saturated rings. The van der Waals surface area contributed by atoms with Crippen molar-refractivity contribution in [1.82, 2.24) is 0 Å². The predicted octanol–water partition coefficient (Wildman–Crippen LogP) is -0.0906. The van der Waals surface area contributed by atoms with Crippen LogP contribution < -0.4 is 9.84 Å². The number of benzene rings is 1. The first-order valence-corrected chi connectivity index (χ1v) is 3.76. The SMILES string of the molecule is CC(Oc1ccc(O)cc1)C(=O)[O-]. The van der Waals surface area contributed by atoms with Crippen LogP contribution in [0, 0.1) is 0 Å². The highest BCUT2D eigenvalue weighted by molar-refractivity contribution is 5.69. The van der Waals surface area contributed by atoms with E-state index in [1.807, 2.05) is 0 Å². The molecule has 0 saturated carbocycles. The predicted molar refractivity (Wildman–Crippen MR) is 43.2 cm³/mol. The van der Waals surface area contributed by atoms with E-state index in [9.17, 15) is 9.90 Å². The molecule has 0 spiro atoms. The third-order valence-electron chi connectivity index (χ3n) is 1.48. The summed E-state index contributed by atoms with van der Waals surface area (Å²) in [6.07, 6.45) is -0.996. The fraction of sp³-hybridized carbons (Fsp3) is 0.222. The number of aliphatic carboxylic acids is 1. The van der Waals surface area contributed by atoms with Crippen LogP contribution in [0.25, 0.3) is 0 Å². The summed E-state index contributed by atoms with van der Waals surface area (Å²) in [5.41, 5.74) is 0. The number of carbonyl (C=O) groups is 1. The van der Waals surface area contributed by atoms with Crippen molar-refractivity contribution in [2.75, 3.05) is 0 Å². The molecule has 1 unspecified atom stereocenters. The number of rotatable bonds is 3. The molecule has 0 aromatic heterocycles. The van der Waals surface area contributed by atoms with Gasteiger partial charge < -0.3 is 19.7 Å². The van der Waals surface area contributed by atoms with E-state index in [4.69, 9.17) is 9.84 Å². The van der Waals surface area contributed by atoms with Crippen LogP contribution in [0.1, 0.15) is 6.92 Å². The van der Waals surface area contributed by atoms with E-state index in [0.717, 1.165) is 0 Å². The average Bonchev–Trinajstić information content (AvgIpc) is 2.08. The summed E-state index contributed by atoms with van der Waals surface area (Å²) < 4.78 is 4.96. The highest BCUT2D eigenvalue weighted by atomic mass is 16.5. The molecule has 0 radical (unpaired) electrons. The molecule has 0 bridgehead atoms. The number of hydrogen-bond donors (Lipinski definition) is 1. The number of ether oxygens (including phenoxy) is 1. The summed E-state index contributed by atoms with van der Waals surface area (Å²) in [7, 11) is 0. The molecule has 70 valence electrons. The lowest BCUT2D eigenvalue weighted by molar-refractivity contribution is -0.312. The molecular weight excluding hydrogens is 172 g/mol. The zero-order chi connectivity index (χ0) is 9.84. The van der Waals surface area contributed by atoms with Gasteiger partial charge in [-0.3, -0.25) is 0 Å². The Balaban J connectivity index is 2.64. The zero-order valence-corrected chi connectivity index (χ0v) is 7.06. The summed E-state index contributed by atoms with van der Waals surface area (Å²) in [6, 6.07) is 5.79. The third kappa shape index (κ3) is 2.66. The number of phenolic OH excluding ortho intramolecular Hbond substituents is 1. The molecule has 0 aliphatic rings. The lowest BCUT2D eigenvalue weighted by Gasteiger charge is -2.14. The van der Waals surface area contributed by atoms with Crippen LogP contribution in [0.3, 0.4) is 0 Å². The normalized spacial score (nSPS) is 12.1. The molecule has 0 aliphatic carbocycles. The second-order valence-corrected chi connectivity index (χ2v) is 2.57. The largest absolute Gasteiger partial charge is 0.546 e. The molecule has 1 atom stereocenters. The van der Waals surface area contributed by atoms with Gasteiger partial charge in [0.05, 0.1) is 5.97 Å². The number of phenols is 1. The Labute approximate surface area is 75.4 Å². The van der Waals surface area contributed by atoms with Crippen LogP contribution >= 0.6 is 0 Å². The molecule has 4 nitrogen and oxygen atoms in total. The van der Waals surface area contributed by atoms with Crippen LogP contribution in [0.5, 0.6) is 11.5 Å². The van der Waals surface area contributed by atoms with Crippen molar-refractivity contribution < 1.29 is 19.7 Å². The second kappa shape index (κ2) is 3.80. The van der Waals surface area contributed by atoms with Crippen molar-refractivity contribution in [1.29, 1.82) is 0 Å². The first-order valence-electron chi connectivity index (χ1n) is 3.76. The minimum absolute atomic E-state index is 0.105. The van der Waals surface area contributed by atoms with Crippen molar-refractivity contribution in [3.05, 3.63) is 24.3 Å². The second-order valence-electron chi connectivity index (χ2n) is 2.57. The molecule has 1 aromatic rings. The highest BCUT2D eigenvalue weighted by Gasteiger charge is 2.03. The van der Waals surface area contributed by atoms with Crippen molar-refractivity contribution in [2.45, 2.75) is 13.0 Å². The summed E-state index contributed by atoms with van der Waals surface area (Å²) in [6.45, 7) is 1.38. The van der Waals surface area contributed by atoms with Gasteiger partial charge in [0.2, 0.25) is 0 Å². The van der Waals surface area contributed by atoms with E-state index in [1.54, 1.807) is 0 Å². The van der Waals surface area contributed by atoms with Crippen molar-refractivity contribution in [2.24, 2.45) is 0 Å². The Morgan fingerprint density at radius 2 is 2.00 bits per heavy atom. The summed E-state index contributed by atoms with van der Waals surface area (Å²) in [4.78, 5) is 10.3. The Morgan fingerprint density at radius 1 is 1.46 bits per heavy atom. The van der Waals surface area contributed by atoms with Crippen LogP contribution in [-0.2, 0) is 4.79 Å². The first kappa shape index (κ1) is 9.38. The average molecular weight is 181 g/mol. The maximum absolute atomic E-state index is 10.3. The summed E-state index contributed by atoms with van der Waals surface area (Å²) >= 11 is 0. The molecule has 13 heavy (non-hydrogen) atoms. The smallest absolute Gasteiger partial charge is 0.135 e. The highest BCUT2D eigenvalue weighted by Crippen LogP contribution is 2.16. The monoisotopic (exact) mass is 181 g/mol. The van der Waals surface area contributed by atoms with Gasteiger partial charge in [0.1, 0.15) is 17.6 Å². The van der Waals surface area contributed by atoms with Gasteiger partial charge in [-0.25, -0.2) is 0 Å². The van der Waals surface area contributed by atoms with Gasteiger partial charge in [-0.15, -0.1) is 0 Å². The first-order chi connectivity index (χ1) is 6.09. The van der Waals surface area contributed by atoms with Crippen LogP contribution in [0.4, 0.5) is 0 Å². The molecule has 1 aromatic carbocycles. The van der Waals surface area contributed by atoms with Crippen LogP contribution in [0.15, 0.2) is 24.3 Å². The van der Waals surface area contributed by atoms with Gasteiger partial charge in [0.25, 0.3) is 0 Å². The zero-order valence-electron chi connectivity index (χ0n) is 7.06. The van der Waals surface area contributed by atoms with E-state index in [0.29, 0.717) is 5.75 Å². The number of carbonyl (C=O) groups excluding carboxylic acids is 1. The van der Waals surface area contributed by atoms with Crippen LogP contribution in [0.2, 0.25) is 0 Å². The Bertz CT molecular complexity index is 291. The van der Waals surface area contributed by atoms with Crippen LogP contribution in [-0.4, -0.2) is 17.2 Å². The van der Waals surface area contributed by atoms with E-state index in [2.05, 4.69) is 0 Å². The molecular formula is C9H9O4-. The summed E-state index contributed by atoms with van der Waals surface area (Å²) in [5, 5.41) is 19.2. The standard InChI is InChI=1S/C9H10O4/c1-6(9(11)12)13-8-4-2-7(10)3-5-8/h2-6,10H,1H3,(H,11,12)/p-1. The lowest BCUT2D eigenvalue weighted by Crippen LogP contribution is -2.37. The fourth-order valence-corrected chi connectivity index (χ4v) is 0.777. The maximum Gasteiger partial charge on any atom is 0.135 e. The van der Waals surface area contributed by atoms with Gasteiger partial charge in [-0.05, 0) is 31.2 Å². The number of hydrogen-bond acceptors (Lipinski definition) is 4. The topological polar surface area (TPSA) is 69.6 Å². The third-order valence-corrected chi connectivity index (χ3v) is 1.48. The number of carboxylic acids is 1. The van der Waals surface area contributed by atoms with Crippen molar-refractivity contribution in [3.63, 3.8) is 0 Å². The quantitative estimate of drug-likeness (QED) is 0.707. The van der Waals surface area contributed by atoms with E-state index in [1.165, 1.54) is 31.2 Å². The van der Waals surface area contributed by atoms with Gasteiger partial charge in [-0.1, -0.05) is 0 Å². The molecule has 1 N–H and O–H groups in total. The molecule has 0 amide bonds. The minimum Gasteiger partial charge on any atom is -0.546 e. The minimum atomic E-state index is -1.27. The Hall–Kier alpha value is -1.71. The Kier molecular flexibility index (Phi) is 2.74. The number of aromatic hydroxyl groups is 1. The molecule has 0 aliphatic heterocycles. The molecule has 0 heterocycles.